The topological polar surface area (TPSA) is 68.2 Å². The second-order valence-electron chi connectivity index (χ2n) is 6.77. The number of carbonyl (C=O) groups excluding carboxylic acids is 1. The van der Waals surface area contributed by atoms with Gasteiger partial charge in [-0.25, -0.2) is 9.78 Å². The van der Waals surface area contributed by atoms with E-state index in [0.29, 0.717) is 6.54 Å². The number of aromatic nitrogens is 2. The summed E-state index contributed by atoms with van der Waals surface area (Å²) in [4.78, 5) is 16.0. The molecule has 0 saturated heterocycles. The van der Waals surface area contributed by atoms with Crippen molar-refractivity contribution in [2.24, 2.45) is 0 Å². The van der Waals surface area contributed by atoms with E-state index in [1.165, 1.54) is 0 Å². The van der Waals surface area contributed by atoms with Crippen molar-refractivity contribution in [2.75, 3.05) is 6.54 Å². The summed E-state index contributed by atoms with van der Waals surface area (Å²) < 4.78 is 7.40. The van der Waals surface area contributed by atoms with Gasteiger partial charge in [0.15, 0.2) is 0 Å². The van der Waals surface area contributed by atoms with Gasteiger partial charge in [-0.05, 0) is 34.1 Å². The molecule has 0 bridgehead atoms. The number of ether oxygens (including phenoxy) is 1. The van der Waals surface area contributed by atoms with E-state index in [9.17, 15) is 4.79 Å². The molecule has 0 radical (unpaired) electrons. The standard InChI is InChI=1S/C17H32N4O2/c1-6-8-9-14(10-20-16(22)23-17(3,4)5)19-12-15-11-18-13-21(15)7-2/h11,13-14,19H,6-10,12H2,1-5H3,(H,20,22). The number of carbonyl (C=O) groups is 1. The van der Waals surface area contributed by atoms with Crippen molar-refractivity contribution in [2.45, 2.75) is 78.6 Å². The summed E-state index contributed by atoms with van der Waals surface area (Å²) in [5, 5.41) is 6.38. The maximum Gasteiger partial charge on any atom is 0.407 e. The van der Waals surface area contributed by atoms with Gasteiger partial charge in [-0.2, -0.15) is 0 Å². The van der Waals surface area contributed by atoms with Crippen LogP contribution in [0.15, 0.2) is 12.5 Å². The molecular weight excluding hydrogens is 292 g/mol. The van der Waals surface area contributed by atoms with Crippen LogP contribution in [0.5, 0.6) is 0 Å². The summed E-state index contributed by atoms with van der Waals surface area (Å²) in [7, 11) is 0. The maximum absolute atomic E-state index is 11.8. The molecule has 23 heavy (non-hydrogen) atoms. The molecule has 1 rings (SSSR count). The van der Waals surface area contributed by atoms with Crippen molar-refractivity contribution in [1.29, 1.82) is 0 Å². The Labute approximate surface area is 140 Å². The van der Waals surface area contributed by atoms with Gasteiger partial charge in [-0.15, -0.1) is 0 Å². The summed E-state index contributed by atoms with van der Waals surface area (Å²) >= 11 is 0. The van der Waals surface area contributed by atoms with Crippen molar-refractivity contribution in [3.63, 3.8) is 0 Å². The highest BCUT2D eigenvalue weighted by atomic mass is 16.6. The number of amides is 1. The second kappa shape index (κ2) is 9.55. The number of rotatable bonds is 9. The van der Waals surface area contributed by atoms with Gasteiger partial charge < -0.3 is 19.9 Å². The normalized spacial score (nSPS) is 12.9. The number of hydrogen-bond donors (Lipinski definition) is 2. The highest BCUT2D eigenvalue weighted by Crippen LogP contribution is 2.07. The SMILES string of the molecule is CCCCC(CNC(=O)OC(C)(C)C)NCc1cncn1CC. The zero-order chi connectivity index (χ0) is 17.3. The first-order chi connectivity index (χ1) is 10.9. The molecule has 0 fully saturated rings. The van der Waals surface area contributed by atoms with Crippen molar-refractivity contribution < 1.29 is 9.53 Å². The molecule has 0 spiro atoms. The van der Waals surface area contributed by atoms with E-state index < -0.39 is 5.60 Å². The smallest absolute Gasteiger partial charge is 0.407 e. The summed E-state index contributed by atoms with van der Waals surface area (Å²) in [6, 6.07) is 0.225. The Bertz CT molecular complexity index is 465. The molecule has 0 aliphatic rings. The Morgan fingerprint density at radius 1 is 1.39 bits per heavy atom. The summed E-state index contributed by atoms with van der Waals surface area (Å²) in [5.74, 6) is 0. The first kappa shape index (κ1) is 19.5. The zero-order valence-electron chi connectivity index (χ0n) is 15.2. The third-order valence-corrected chi connectivity index (χ3v) is 3.51. The number of unbranched alkanes of at least 4 members (excludes halogenated alkanes) is 1. The van der Waals surface area contributed by atoms with Gasteiger partial charge in [0.1, 0.15) is 5.60 Å². The van der Waals surface area contributed by atoms with Crippen LogP contribution in [0.3, 0.4) is 0 Å². The van der Waals surface area contributed by atoms with Crippen LogP contribution in [-0.2, 0) is 17.8 Å². The molecule has 6 heteroatoms. The first-order valence-corrected chi connectivity index (χ1v) is 8.55. The number of aryl methyl sites for hydroxylation is 1. The lowest BCUT2D eigenvalue weighted by Gasteiger charge is -2.23. The molecule has 2 N–H and O–H groups in total. The Morgan fingerprint density at radius 3 is 2.74 bits per heavy atom. The highest BCUT2D eigenvalue weighted by molar-refractivity contribution is 5.67. The average molecular weight is 324 g/mol. The van der Waals surface area contributed by atoms with Gasteiger partial charge in [0.05, 0.1) is 12.0 Å². The second-order valence-corrected chi connectivity index (χ2v) is 6.77. The minimum Gasteiger partial charge on any atom is -0.444 e. The van der Waals surface area contributed by atoms with Gasteiger partial charge in [-0.1, -0.05) is 19.8 Å². The number of imidazole rings is 1. The number of hydrogen-bond acceptors (Lipinski definition) is 4. The van der Waals surface area contributed by atoms with Gasteiger partial charge in [-0.3, -0.25) is 0 Å². The largest absolute Gasteiger partial charge is 0.444 e. The molecule has 1 heterocycles. The lowest BCUT2D eigenvalue weighted by molar-refractivity contribution is 0.0521. The predicted molar refractivity (Wildman–Crippen MR) is 92.3 cm³/mol. The molecule has 6 nitrogen and oxygen atoms in total. The van der Waals surface area contributed by atoms with Crippen molar-refractivity contribution in [1.82, 2.24) is 20.2 Å². The average Bonchev–Trinajstić information content (AvgIpc) is 2.92. The van der Waals surface area contributed by atoms with Crippen LogP contribution in [0, 0.1) is 0 Å². The minimum atomic E-state index is -0.468. The van der Waals surface area contributed by atoms with Gasteiger partial charge >= 0.3 is 6.09 Å². The molecule has 132 valence electrons. The lowest BCUT2D eigenvalue weighted by atomic mass is 10.1. The summed E-state index contributed by atoms with van der Waals surface area (Å²) in [5.41, 5.74) is 0.690. The molecule has 1 amide bonds. The van der Waals surface area contributed by atoms with Crippen LogP contribution in [-0.4, -0.2) is 33.8 Å². The van der Waals surface area contributed by atoms with Crippen LogP contribution in [0.25, 0.3) is 0 Å². The van der Waals surface area contributed by atoms with Crippen LogP contribution in [0.1, 0.15) is 59.6 Å². The minimum absolute atomic E-state index is 0.225. The van der Waals surface area contributed by atoms with E-state index in [1.54, 1.807) is 0 Å². The summed E-state index contributed by atoms with van der Waals surface area (Å²) in [6.07, 6.45) is 6.65. The number of alkyl carbamates (subject to hydrolysis) is 1. The number of nitrogens with one attached hydrogen (secondary N) is 2. The molecule has 0 aromatic carbocycles. The van der Waals surface area contributed by atoms with E-state index in [-0.39, 0.29) is 12.1 Å². The quantitative estimate of drug-likeness (QED) is 0.732. The summed E-state index contributed by atoms with van der Waals surface area (Å²) in [6.45, 7) is 12.1. The van der Waals surface area contributed by atoms with Crippen LogP contribution in [0.4, 0.5) is 4.79 Å². The van der Waals surface area contributed by atoms with Crippen molar-refractivity contribution in [3.05, 3.63) is 18.2 Å². The van der Waals surface area contributed by atoms with Gasteiger partial charge in [0.2, 0.25) is 0 Å². The molecule has 1 aromatic rings. The van der Waals surface area contributed by atoms with Crippen LogP contribution < -0.4 is 10.6 Å². The van der Waals surface area contributed by atoms with Crippen molar-refractivity contribution in [3.8, 4) is 0 Å². The van der Waals surface area contributed by atoms with E-state index in [4.69, 9.17) is 4.74 Å². The Hall–Kier alpha value is -1.56. The Balaban J connectivity index is 2.47. The van der Waals surface area contributed by atoms with E-state index in [0.717, 1.165) is 38.0 Å². The fraction of sp³-hybridized carbons (Fsp3) is 0.765. The van der Waals surface area contributed by atoms with Gasteiger partial charge in [0, 0.05) is 31.9 Å². The predicted octanol–water partition coefficient (Wildman–Crippen LogP) is 3.08. The molecule has 1 unspecified atom stereocenters. The molecule has 0 saturated carbocycles. The first-order valence-electron chi connectivity index (χ1n) is 8.55. The third kappa shape index (κ3) is 8.02. The van der Waals surface area contributed by atoms with E-state index >= 15 is 0 Å². The van der Waals surface area contributed by atoms with Crippen molar-refractivity contribution >= 4 is 6.09 Å². The fourth-order valence-electron chi connectivity index (χ4n) is 2.28. The molecular formula is C17H32N4O2. The zero-order valence-corrected chi connectivity index (χ0v) is 15.2. The van der Waals surface area contributed by atoms with E-state index in [2.05, 4.69) is 34.0 Å². The van der Waals surface area contributed by atoms with Crippen LogP contribution >= 0.6 is 0 Å². The van der Waals surface area contributed by atoms with Crippen LogP contribution in [0.2, 0.25) is 0 Å². The Kier molecular flexibility index (Phi) is 8.09. The van der Waals surface area contributed by atoms with Gasteiger partial charge in [0.25, 0.3) is 0 Å². The fourth-order valence-corrected chi connectivity index (χ4v) is 2.28. The molecule has 1 aromatic heterocycles. The number of nitrogens with zero attached hydrogens (tertiary/aromatic N) is 2. The monoisotopic (exact) mass is 324 g/mol. The molecule has 0 aliphatic heterocycles. The maximum atomic E-state index is 11.8. The third-order valence-electron chi connectivity index (χ3n) is 3.51. The highest BCUT2D eigenvalue weighted by Gasteiger charge is 2.17. The van der Waals surface area contributed by atoms with E-state index in [1.807, 2.05) is 33.3 Å². The molecule has 1 atom stereocenters. The Morgan fingerprint density at radius 2 is 2.13 bits per heavy atom. The molecule has 0 aliphatic carbocycles. The lowest BCUT2D eigenvalue weighted by Crippen LogP contribution is -2.42.